The van der Waals surface area contributed by atoms with Gasteiger partial charge in [0.15, 0.2) is 5.78 Å². The Bertz CT molecular complexity index is 668. The average Bonchev–Trinajstić information content (AvgIpc) is 2.47. The maximum atomic E-state index is 13.0. The second kappa shape index (κ2) is 6.80. The molecule has 0 radical (unpaired) electrons. The number of benzene rings is 2. The highest BCUT2D eigenvalue weighted by atomic mass is 19.1. The highest BCUT2D eigenvalue weighted by molar-refractivity contribution is 5.96. The average molecular weight is 303 g/mol. The summed E-state index contributed by atoms with van der Waals surface area (Å²) in [4.78, 5) is 22.5. The lowest BCUT2D eigenvalue weighted by molar-refractivity contribution is -0.483. The zero-order chi connectivity index (χ0) is 16.1. The third-order valence-electron chi connectivity index (χ3n) is 3.33. The van der Waals surface area contributed by atoms with Crippen molar-refractivity contribution in [3.05, 3.63) is 75.6 Å². The molecule has 0 amide bonds. The second-order valence-corrected chi connectivity index (χ2v) is 4.94. The molecule has 1 unspecified atom stereocenters. The first kappa shape index (κ1) is 15.6. The molecular formula is C16H14FNO4. The fraction of sp³-hybridized carbons (Fsp3) is 0.188. The number of rotatable bonds is 6. The van der Waals surface area contributed by atoms with Crippen LogP contribution in [0.25, 0.3) is 0 Å². The van der Waals surface area contributed by atoms with Crippen molar-refractivity contribution >= 4 is 5.78 Å². The molecule has 0 saturated carbocycles. The first-order valence-electron chi connectivity index (χ1n) is 6.65. The van der Waals surface area contributed by atoms with Crippen molar-refractivity contribution in [2.75, 3.05) is 6.54 Å². The Kier molecular flexibility index (Phi) is 4.83. The van der Waals surface area contributed by atoms with Crippen molar-refractivity contribution in [3.8, 4) is 5.75 Å². The quantitative estimate of drug-likeness (QED) is 0.505. The number of hydrogen-bond donors (Lipinski definition) is 1. The number of Topliss-reactive ketones (excluding diaryl/α,β-unsaturated/α-hetero) is 1. The van der Waals surface area contributed by atoms with Gasteiger partial charge in [-0.1, -0.05) is 12.1 Å². The van der Waals surface area contributed by atoms with Gasteiger partial charge in [-0.15, -0.1) is 0 Å². The van der Waals surface area contributed by atoms with Crippen LogP contribution in [0.2, 0.25) is 0 Å². The van der Waals surface area contributed by atoms with Crippen molar-refractivity contribution in [1.29, 1.82) is 0 Å². The summed E-state index contributed by atoms with van der Waals surface area (Å²) in [6.45, 7) is -0.407. The van der Waals surface area contributed by atoms with Crippen LogP contribution in [-0.4, -0.2) is 22.4 Å². The predicted molar refractivity (Wildman–Crippen MR) is 78.1 cm³/mol. The van der Waals surface area contributed by atoms with Gasteiger partial charge in [-0.2, -0.15) is 0 Å². The summed E-state index contributed by atoms with van der Waals surface area (Å²) in [5.41, 5.74) is 0.915. The number of phenolic OH excluding ortho intramolecular Hbond substituents is 1. The normalized spacial score (nSPS) is 11.9. The van der Waals surface area contributed by atoms with Crippen LogP contribution in [0.4, 0.5) is 4.39 Å². The Labute approximate surface area is 126 Å². The van der Waals surface area contributed by atoms with E-state index in [4.69, 9.17) is 0 Å². The molecule has 114 valence electrons. The van der Waals surface area contributed by atoms with E-state index >= 15 is 0 Å². The maximum Gasteiger partial charge on any atom is 0.211 e. The minimum Gasteiger partial charge on any atom is -0.508 e. The minimum absolute atomic E-state index is 0.0388. The molecule has 1 atom stereocenters. The molecular weight excluding hydrogens is 289 g/mol. The summed E-state index contributed by atoms with van der Waals surface area (Å²) in [6, 6.07) is 11.0. The molecule has 0 saturated heterocycles. The number of nitrogens with zero attached hydrogens (tertiary/aromatic N) is 1. The molecule has 1 N–H and O–H groups in total. The minimum atomic E-state index is -0.628. The number of ketones is 1. The van der Waals surface area contributed by atoms with E-state index in [2.05, 4.69) is 0 Å². The van der Waals surface area contributed by atoms with Crippen LogP contribution in [0.15, 0.2) is 48.5 Å². The molecule has 0 aliphatic carbocycles. The summed E-state index contributed by atoms with van der Waals surface area (Å²) >= 11 is 0. The Morgan fingerprint density at radius 1 is 1.14 bits per heavy atom. The van der Waals surface area contributed by atoms with Crippen molar-refractivity contribution < 1.29 is 19.2 Å². The Morgan fingerprint density at radius 3 is 2.27 bits per heavy atom. The zero-order valence-electron chi connectivity index (χ0n) is 11.6. The van der Waals surface area contributed by atoms with Gasteiger partial charge in [0, 0.05) is 16.9 Å². The molecule has 0 aromatic heterocycles. The predicted octanol–water partition coefficient (Wildman–Crippen LogP) is 3.16. The van der Waals surface area contributed by atoms with Crippen LogP contribution < -0.4 is 0 Å². The van der Waals surface area contributed by atoms with Crippen LogP contribution in [0.5, 0.6) is 5.75 Å². The van der Waals surface area contributed by atoms with Gasteiger partial charge in [0.1, 0.15) is 11.6 Å². The molecule has 0 bridgehead atoms. The number of carbonyl (C=O) groups excluding carboxylic acids is 1. The monoisotopic (exact) mass is 303 g/mol. The standard InChI is InChI=1S/C16H14FNO4/c17-14-5-1-11(2-6-14)13(10-18(21)22)9-16(20)12-3-7-15(19)8-4-12/h1-8,13,19H,9-10H2. The van der Waals surface area contributed by atoms with Crippen LogP contribution in [0.1, 0.15) is 28.3 Å². The largest absolute Gasteiger partial charge is 0.508 e. The molecule has 0 spiro atoms. The Morgan fingerprint density at radius 2 is 1.73 bits per heavy atom. The van der Waals surface area contributed by atoms with E-state index in [1.54, 1.807) is 0 Å². The smallest absolute Gasteiger partial charge is 0.211 e. The van der Waals surface area contributed by atoms with Crippen LogP contribution in [-0.2, 0) is 0 Å². The third kappa shape index (κ3) is 4.12. The highest BCUT2D eigenvalue weighted by Crippen LogP contribution is 2.23. The van der Waals surface area contributed by atoms with E-state index < -0.39 is 23.2 Å². The van der Waals surface area contributed by atoms with E-state index in [9.17, 15) is 24.4 Å². The number of carbonyl (C=O) groups is 1. The molecule has 2 rings (SSSR count). The third-order valence-corrected chi connectivity index (χ3v) is 3.33. The molecule has 2 aromatic carbocycles. The molecule has 5 nitrogen and oxygen atoms in total. The molecule has 2 aromatic rings. The summed E-state index contributed by atoms with van der Waals surface area (Å²) in [7, 11) is 0. The Balaban J connectivity index is 2.19. The lowest BCUT2D eigenvalue weighted by Gasteiger charge is -2.12. The van der Waals surface area contributed by atoms with E-state index in [0.29, 0.717) is 11.1 Å². The van der Waals surface area contributed by atoms with E-state index in [1.807, 2.05) is 0 Å². The molecule has 6 heteroatoms. The van der Waals surface area contributed by atoms with Crippen molar-refractivity contribution in [1.82, 2.24) is 0 Å². The van der Waals surface area contributed by atoms with Gasteiger partial charge in [0.2, 0.25) is 6.54 Å². The van der Waals surface area contributed by atoms with E-state index in [-0.39, 0.29) is 18.0 Å². The fourth-order valence-corrected chi connectivity index (χ4v) is 2.19. The molecule has 0 fully saturated rings. The van der Waals surface area contributed by atoms with Gasteiger partial charge in [0.05, 0.1) is 5.92 Å². The SMILES string of the molecule is O=C(CC(C[N+](=O)[O-])c1ccc(F)cc1)c1ccc(O)cc1. The van der Waals surface area contributed by atoms with Gasteiger partial charge in [-0.05, 0) is 42.0 Å². The summed E-state index contributed by atoms with van der Waals surface area (Å²) in [5.74, 6) is -1.29. The Hall–Kier alpha value is -2.76. The van der Waals surface area contributed by atoms with Crippen molar-refractivity contribution in [3.63, 3.8) is 0 Å². The maximum absolute atomic E-state index is 13.0. The van der Waals surface area contributed by atoms with Crippen molar-refractivity contribution in [2.45, 2.75) is 12.3 Å². The number of nitro groups is 1. The second-order valence-electron chi connectivity index (χ2n) is 4.94. The van der Waals surface area contributed by atoms with Crippen molar-refractivity contribution in [2.24, 2.45) is 0 Å². The number of halogens is 1. The first-order chi connectivity index (χ1) is 10.5. The highest BCUT2D eigenvalue weighted by Gasteiger charge is 2.22. The van der Waals surface area contributed by atoms with E-state index in [0.717, 1.165) is 0 Å². The van der Waals surface area contributed by atoms with Gasteiger partial charge < -0.3 is 5.11 Å². The summed E-state index contributed by atoms with van der Waals surface area (Å²) < 4.78 is 13.0. The number of hydrogen-bond acceptors (Lipinski definition) is 4. The van der Waals surface area contributed by atoms with Crippen LogP contribution in [0.3, 0.4) is 0 Å². The number of phenols is 1. The molecule has 22 heavy (non-hydrogen) atoms. The summed E-state index contributed by atoms with van der Waals surface area (Å²) in [5, 5.41) is 20.0. The molecule has 0 aliphatic heterocycles. The first-order valence-corrected chi connectivity index (χ1v) is 6.65. The summed E-state index contributed by atoms with van der Waals surface area (Å²) in [6.07, 6.45) is -0.0581. The van der Waals surface area contributed by atoms with Gasteiger partial charge in [-0.3, -0.25) is 14.9 Å². The zero-order valence-corrected chi connectivity index (χ0v) is 11.6. The number of aromatic hydroxyl groups is 1. The topological polar surface area (TPSA) is 80.4 Å². The van der Waals surface area contributed by atoms with Crippen LogP contribution >= 0.6 is 0 Å². The molecule has 0 heterocycles. The lowest BCUT2D eigenvalue weighted by Crippen LogP contribution is -2.16. The van der Waals surface area contributed by atoms with Gasteiger partial charge in [0.25, 0.3) is 0 Å². The molecule has 0 aliphatic rings. The van der Waals surface area contributed by atoms with E-state index in [1.165, 1.54) is 48.5 Å². The van der Waals surface area contributed by atoms with Gasteiger partial charge in [-0.25, -0.2) is 4.39 Å². The van der Waals surface area contributed by atoms with Gasteiger partial charge >= 0.3 is 0 Å². The lowest BCUT2D eigenvalue weighted by atomic mass is 9.91. The fourth-order valence-electron chi connectivity index (χ4n) is 2.19. The van der Waals surface area contributed by atoms with Crippen LogP contribution in [0, 0.1) is 15.9 Å².